The third kappa shape index (κ3) is 2.56. The van der Waals surface area contributed by atoms with Crippen LogP contribution in [0.25, 0.3) is 11.0 Å². The summed E-state index contributed by atoms with van der Waals surface area (Å²) in [6.07, 6.45) is 3.31. The zero-order valence-corrected chi connectivity index (χ0v) is 12.6. The second kappa shape index (κ2) is 5.44. The van der Waals surface area contributed by atoms with E-state index in [1.807, 2.05) is 25.1 Å². The Bertz CT molecular complexity index is 745. The van der Waals surface area contributed by atoms with E-state index < -0.39 is 0 Å². The Labute approximate surface area is 128 Å². The first kappa shape index (κ1) is 13.3. The van der Waals surface area contributed by atoms with Gasteiger partial charge in [-0.25, -0.2) is 4.98 Å². The van der Waals surface area contributed by atoms with E-state index >= 15 is 0 Å². The van der Waals surface area contributed by atoms with Crippen LogP contribution >= 0.6 is 0 Å². The predicted octanol–water partition coefficient (Wildman–Crippen LogP) is 2.71. The van der Waals surface area contributed by atoms with Gasteiger partial charge in [0, 0.05) is 26.4 Å². The molecule has 0 saturated carbocycles. The molecule has 6 nitrogen and oxygen atoms in total. The van der Waals surface area contributed by atoms with Crippen molar-refractivity contribution in [3.8, 4) is 0 Å². The van der Waals surface area contributed by atoms with Crippen LogP contribution < -0.4 is 4.90 Å². The number of aromatic amines is 1. The lowest BCUT2D eigenvalue weighted by molar-refractivity contribution is 0.383. The van der Waals surface area contributed by atoms with Gasteiger partial charge in [-0.3, -0.25) is 0 Å². The summed E-state index contributed by atoms with van der Waals surface area (Å²) in [4.78, 5) is 10.3. The van der Waals surface area contributed by atoms with Gasteiger partial charge in [-0.1, -0.05) is 17.2 Å². The molecule has 0 spiro atoms. The topological polar surface area (TPSA) is 70.8 Å². The monoisotopic (exact) mass is 297 g/mol. The Balaban J connectivity index is 1.48. The van der Waals surface area contributed by atoms with Crippen LogP contribution in [0, 0.1) is 12.8 Å². The van der Waals surface area contributed by atoms with Gasteiger partial charge in [0.1, 0.15) is 5.82 Å². The van der Waals surface area contributed by atoms with Crippen LogP contribution in [0.5, 0.6) is 0 Å². The molecule has 1 aliphatic heterocycles. The molecule has 6 heteroatoms. The average molecular weight is 297 g/mol. The normalized spacial score (nSPS) is 19.0. The summed E-state index contributed by atoms with van der Waals surface area (Å²) in [6.45, 7) is 3.75. The first-order chi connectivity index (χ1) is 10.8. The third-order valence-corrected chi connectivity index (χ3v) is 4.23. The van der Waals surface area contributed by atoms with E-state index in [1.54, 1.807) is 0 Å². The number of imidazole rings is 1. The molecule has 1 fully saturated rings. The first-order valence-corrected chi connectivity index (χ1v) is 7.76. The summed E-state index contributed by atoms with van der Waals surface area (Å²) in [5, 5.41) is 8.05. The lowest BCUT2D eigenvalue weighted by atomic mass is 9.95. The van der Waals surface area contributed by atoms with E-state index in [0.29, 0.717) is 17.8 Å². The molecular formula is C16H19N5O. The minimum atomic E-state index is 0.557. The highest BCUT2D eigenvalue weighted by atomic mass is 16.4. The molecule has 3 heterocycles. The van der Waals surface area contributed by atoms with Crippen molar-refractivity contribution in [1.29, 1.82) is 0 Å². The summed E-state index contributed by atoms with van der Waals surface area (Å²) in [5.41, 5.74) is 2.15. The number of aryl methyl sites for hydroxylation is 1. The second-order valence-electron chi connectivity index (χ2n) is 5.96. The number of hydrogen-bond donors (Lipinski definition) is 1. The van der Waals surface area contributed by atoms with Crippen LogP contribution in [-0.2, 0) is 6.42 Å². The number of para-hydroxylation sites is 2. The summed E-state index contributed by atoms with van der Waals surface area (Å²) >= 11 is 0. The van der Waals surface area contributed by atoms with E-state index in [9.17, 15) is 0 Å². The fourth-order valence-electron chi connectivity index (χ4n) is 3.20. The highest BCUT2D eigenvalue weighted by Crippen LogP contribution is 2.24. The molecule has 2 aromatic heterocycles. The maximum absolute atomic E-state index is 5.55. The summed E-state index contributed by atoms with van der Waals surface area (Å²) in [7, 11) is 0. The van der Waals surface area contributed by atoms with Gasteiger partial charge in [-0.05, 0) is 30.9 Å². The molecule has 0 aliphatic carbocycles. The van der Waals surface area contributed by atoms with Crippen LogP contribution in [0.2, 0.25) is 0 Å². The number of fused-ring (bicyclic) bond motifs is 1. The van der Waals surface area contributed by atoms with E-state index in [2.05, 4.69) is 31.1 Å². The third-order valence-electron chi connectivity index (χ3n) is 4.23. The minimum Gasteiger partial charge on any atom is -0.408 e. The summed E-state index contributed by atoms with van der Waals surface area (Å²) in [5.74, 6) is 2.24. The Morgan fingerprint density at radius 3 is 3.05 bits per heavy atom. The van der Waals surface area contributed by atoms with Crippen LogP contribution in [0.1, 0.15) is 24.6 Å². The number of piperidine rings is 1. The Kier molecular flexibility index (Phi) is 3.29. The van der Waals surface area contributed by atoms with Gasteiger partial charge in [0.25, 0.3) is 0 Å². The SMILES string of the molecule is Cc1nnc(N2CCC[C@H](Cc3nc4ccccc4[nH]3)C2)o1. The molecule has 3 aromatic rings. The maximum atomic E-state index is 5.55. The first-order valence-electron chi connectivity index (χ1n) is 7.76. The van der Waals surface area contributed by atoms with Crippen molar-refractivity contribution in [1.82, 2.24) is 20.2 Å². The van der Waals surface area contributed by atoms with Crippen molar-refractivity contribution < 1.29 is 4.42 Å². The number of rotatable bonds is 3. The van der Waals surface area contributed by atoms with Crippen LogP contribution in [0.4, 0.5) is 6.01 Å². The number of nitrogens with one attached hydrogen (secondary N) is 1. The zero-order valence-electron chi connectivity index (χ0n) is 12.6. The molecule has 1 N–H and O–H groups in total. The highest BCUT2D eigenvalue weighted by Gasteiger charge is 2.24. The molecule has 1 aliphatic rings. The van der Waals surface area contributed by atoms with Crippen molar-refractivity contribution in [2.24, 2.45) is 5.92 Å². The number of H-pyrrole nitrogens is 1. The number of aromatic nitrogens is 4. The number of anilines is 1. The Morgan fingerprint density at radius 1 is 1.32 bits per heavy atom. The van der Waals surface area contributed by atoms with E-state index in [0.717, 1.165) is 42.8 Å². The van der Waals surface area contributed by atoms with E-state index in [-0.39, 0.29) is 0 Å². The zero-order chi connectivity index (χ0) is 14.9. The van der Waals surface area contributed by atoms with Gasteiger partial charge in [0.2, 0.25) is 5.89 Å². The minimum absolute atomic E-state index is 0.557. The van der Waals surface area contributed by atoms with Crippen molar-refractivity contribution in [3.05, 3.63) is 36.0 Å². The molecule has 22 heavy (non-hydrogen) atoms. The number of hydrogen-bond acceptors (Lipinski definition) is 5. The lowest BCUT2D eigenvalue weighted by Crippen LogP contribution is -2.36. The van der Waals surface area contributed by atoms with E-state index in [4.69, 9.17) is 4.42 Å². The number of nitrogens with zero attached hydrogens (tertiary/aromatic N) is 4. The van der Waals surface area contributed by atoms with Crippen molar-refractivity contribution in [3.63, 3.8) is 0 Å². The van der Waals surface area contributed by atoms with Gasteiger partial charge in [-0.15, -0.1) is 5.10 Å². The Hall–Kier alpha value is -2.37. The quantitative estimate of drug-likeness (QED) is 0.805. The van der Waals surface area contributed by atoms with Gasteiger partial charge >= 0.3 is 6.01 Å². The van der Waals surface area contributed by atoms with Gasteiger partial charge < -0.3 is 14.3 Å². The lowest BCUT2D eigenvalue weighted by Gasteiger charge is -2.30. The summed E-state index contributed by atoms with van der Waals surface area (Å²) < 4.78 is 5.55. The maximum Gasteiger partial charge on any atom is 0.318 e. The standard InChI is InChI=1S/C16H19N5O/c1-11-19-20-16(22-11)21-8-4-5-12(10-21)9-15-17-13-6-2-3-7-14(13)18-15/h2-3,6-7,12H,4-5,8-10H2,1H3,(H,17,18)/t12-/m1/s1. The highest BCUT2D eigenvalue weighted by molar-refractivity contribution is 5.74. The molecule has 1 saturated heterocycles. The molecule has 4 rings (SSSR count). The van der Waals surface area contributed by atoms with Crippen molar-refractivity contribution in [2.45, 2.75) is 26.2 Å². The van der Waals surface area contributed by atoms with Crippen LogP contribution in [0.15, 0.2) is 28.7 Å². The Morgan fingerprint density at radius 2 is 2.23 bits per heavy atom. The number of benzene rings is 1. The molecule has 0 amide bonds. The van der Waals surface area contributed by atoms with Gasteiger partial charge in [-0.2, -0.15) is 0 Å². The fourth-order valence-corrected chi connectivity index (χ4v) is 3.20. The summed E-state index contributed by atoms with van der Waals surface area (Å²) in [6, 6.07) is 8.81. The largest absolute Gasteiger partial charge is 0.408 e. The smallest absolute Gasteiger partial charge is 0.318 e. The fraction of sp³-hybridized carbons (Fsp3) is 0.438. The average Bonchev–Trinajstić information content (AvgIpc) is 3.13. The molecular weight excluding hydrogens is 278 g/mol. The predicted molar refractivity (Wildman–Crippen MR) is 83.8 cm³/mol. The van der Waals surface area contributed by atoms with Gasteiger partial charge in [0.15, 0.2) is 0 Å². The van der Waals surface area contributed by atoms with Crippen LogP contribution in [-0.4, -0.2) is 33.3 Å². The molecule has 0 bridgehead atoms. The molecule has 114 valence electrons. The molecule has 1 aromatic carbocycles. The molecule has 1 atom stereocenters. The van der Waals surface area contributed by atoms with Gasteiger partial charge in [0.05, 0.1) is 11.0 Å². The second-order valence-corrected chi connectivity index (χ2v) is 5.96. The molecule has 0 radical (unpaired) electrons. The van der Waals surface area contributed by atoms with E-state index in [1.165, 1.54) is 6.42 Å². The molecule has 0 unspecified atom stereocenters. The van der Waals surface area contributed by atoms with Crippen LogP contribution in [0.3, 0.4) is 0 Å². The van der Waals surface area contributed by atoms with Crippen molar-refractivity contribution in [2.75, 3.05) is 18.0 Å². The van der Waals surface area contributed by atoms with Crippen molar-refractivity contribution >= 4 is 17.0 Å².